The van der Waals surface area contributed by atoms with Crippen molar-refractivity contribution in [2.45, 2.75) is 12.3 Å². The number of sulfonamides is 1. The molecule has 0 heterocycles. The Balaban J connectivity index is 2.18. The molecule has 0 aromatic heterocycles. The van der Waals surface area contributed by atoms with Crippen molar-refractivity contribution < 1.29 is 13.2 Å². The van der Waals surface area contributed by atoms with Crippen molar-refractivity contribution in [1.29, 1.82) is 0 Å². The van der Waals surface area contributed by atoms with Gasteiger partial charge in [0.1, 0.15) is 5.75 Å². The summed E-state index contributed by atoms with van der Waals surface area (Å²) in [4.78, 5) is 0. The summed E-state index contributed by atoms with van der Waals surface area (Å²) in [5.41, 5.74) is 7.59. The highest BCUT2D eigenvalue weighted by Gasteiger charge is 2.14. The summed E-state index contributed by atoms with van der Waals surface area (Å²) >= 11 is 0. The van der Waals surface area contributed by atoms with Crippen LogP contribution in [0.4, 0.5) is 5.69 Å². The number of methoxy groups -OCH3 is 1. The van der Waals surface area contributed by atoms with Gasteiger partial charge in [0.25, 0.3) is 0 Å². The molecule has 0 aliphatic heterocycles. The van der Waals surface area contributed by atoms with E-state index in [1.165, 1.54) is 7.11 Å². The average molecular weight is 306 g/mol. The molecule has 0 unspecified atom stereocenters. The van der Waals surface area contributed by atoms with Crippen molar-refractivity contribution in [3.8, 4) is 5.75 Å². The highest BCUT2D eigenvalue weighted by atomic mass is 32.2. The summed E-state index contributed by atoms with van der Waals surface area (Å²) in [6, 6.07) is 14.1. The van der Waals surface area contributed by atoms with E-state index in [-0.39, 0.29) is 5.75 Å². The molecule has 0 aliphatic rings. The summed E-state index contributed by atoms with van der Waals surface area (Å²) in [5.74, 6) is 0.371. The van der Waals surface area contributed by atoms with Gasteiger partial charge in [-0.05, 0) is 23.3 Å². The quantitative estimate of drug-likeness (QED) is 0.856. The maximum Gasteiger partial charge on any atom is 0.237 e. The predicted molar refractivity (Wildman–Crippen MR) is 83.6 cm³/mol. The second-order valence-corrected chi connectivity index (χ2v) is 6.31. The van der Waals surface area contributed by atoms with Crippen LogP contribution in [0.15, 0.2) is 48.5 Å². The lowest BCUT2D eigenvalue weighted by atomic mass is 10.1. The standard InChI is InChI=1S/C15H18N2O3S/c1-20-15-8-3-2-7-14(15)17-21(18,19)11-13-6-4-5-12(9-13)10-16/h2-9,17H,10-11,16H2,1H3. The molecule has 0 aliphatic carbocycles. The minimum absolute atomic E-state index is 0.112. The highest BCUT2D eigenvalue weighted by Crippen LogP contribution is 2.25. The number of hydrogen-bond acceptors (Lipinski definition) is 4. The molecular formula is C15H18N2O3S. The first-order valence-corrected chi connectivity index (χ1v) is 8.10. The van der Waals surface area contributed by atoms with E-state index in [4.69, 9.17) is 10.5 Å². The van der Waals surface area contributed by atoms with Crippen molar-refractivity contribution in [1.82, 2.24) is 0 Å². The van der Waals surface area contributed by atoms with Gasteiger partial charge in [-0.2, -0.15) is 0 Å². The Bertz CT molecular complexity index is 714. The van der Waals surface area contributed by atoms with Crippen LogP contribution in [-0.4, -0.2) is 15.5 Å². The second-order valence-electron chi connectivity index (χ2n) is 4.59. The van der Waals surface area contributed by atoms with Gasteiger partial charge in [-0.1, -0.05) is 36.4 Å². The summed E-state index contributed by atoms with van der Waals surface area (Å²) in [6.07, 6.45) is 0. The SMILES string of the molecule is COc1ccccc1NS(=O)(=O)Cc1cccc(CN)c1. The zero-order chi connectivity index (χ0) is 15.3. The fourth-order valence-corrected chi connectivity index (χ4v) is 3.19. The molecule has 0 saturated carbocycles. The topological polar surface area (TPSA) is 81.4 Å². The van der Waals surface area contributed by atoms with Crippen LogP contribution >= 0.6 is 0 Å². The molecule has 2 aromatic rings. The van der Waals surface area contributed by atoms with Gasteiger partial charge in [0.15, 0.2) is 0 Å². The maximum absolute atomic E-state index is 12.2. The van der Waals surface area contributed by atoms with Crippen LogP contribution in [0.5, 0.6) is 5.75 Å². The predicted octanol–water partition coefficient (Wildman–Crippen LogP) is 2.10. The summed E-state index contributed by atoms with van der Waals surface area (Å²) in [7, 11) is -2.02. The number of nitrogens with two attached hydrogens (primary N) is 1. The van der Waals surface area contributed by atoms with Crippen LogP contribution in [0.25, 0.3) is 0 Å². The van der Waals surface area contributed by atoms with Gasteiger partial charge in [0.05, 0.1) is 18.6 Å². The average Bonchev–Trinajstić information content (AvgIpc) is 2.47. The normalized spacial score (nSPS) is 11.1. The lowest BCUT2D eigenvalue weighted by Crippen LogP contribution is -2.15. The minimum atomic E-state index is -3.52. The Kier molecular flexibility index (Phi) is 4.82. The van der Waals surface area contributed by atoms with Crippen LogP contribution in [0, 0.1) is 0 Å². The van der Waals surface area contributed by atoms with Crippen LogP contribution in [0.2, 0.25) is 0 Å². The maximum atomic E-state index is 12.2. The van der Waals surface area contributed by atoms with Crippen molar-refractivity contribution in [3.05, 3.63) is 59.7 Å². The molecule has 0 atom stereocenters. The molecule has 0 radical (unpaired) electrons. The molecule has 0 saturated heterocycles. The van der Waals surface area contributed by atoms with E-state index in [0.29, 0.717) is 23.5 Å². The zero-order valence-corrected chi connectivity index (χ0v) is 12.6. The minimum Gasteiger partial charge on any atom is -0.495 e. The van der Waals surface area contributed by atoms with E-state index < -0.39 is 10.0 Å². The number of anilines is 1. The van der Waals surface area contributed by atoms with Gasteiger partial charge in [-0.3, -0.25) is 4.72 Å². The molecule has 21 heavy (non-hydrogen) atoms. The fraction of sp³-hybridized carbons (Fsp3) is 0.200. The van der Waals surface area contributed by atoms with Crippen molar-refractivity contribution in [2.24, 2.45) is 5.73 Å². The molecule has 2 aromatic carbocycles. The first-order valence-electron chi connectivity index (χ1n) is 6.45. The van der Waals surface area contributed by atoms with E-state index in [1.807, 2.05) is 6.07 Å². The first kappa shape index (κ1) is 15.3. The molecule has 0 fully saturated rings. The van der Waals surface area contributed by atoms with Gasteiger partial charge >= 0.3 is 0 Å². The Morgan fingerprint density at radius 1 is 1.10 bits per heavy atom. The smallest absolute Gasteiger partial charge is 0.237 e. The third-order valence-corrected chi connectivity index (χ3v) is 4.20. The number of rotatable bonds is 6. The lowest BCUT2D eigenvalue weighted by molar-refractivity contribution is 0.417. The van der Waals surface area contributed by atoms with Crippen LogP contribution in [-0.2, 0) is 22.3 Å². The Hall–Kier alpha value is -2.05. The first-order chi connectivity index (χ1) is 10.0. The van der Waals surface area contributed by atoms with E-state index >= 15 is 0 Å². The van der Waals surface area contributed by atoms with E-state index in [9.17, 15) is 8.42 Å². The molecule has 0 bridgehead atoms. The Morgan fingerprint density at radius 2 is 1.81 bits per heavy atom. The van der Waals surface area contributed by atoms with Gasteiger partial charge in [0, 0.05) is 6.54 Å². The molecule has 2 rings (SSSR count). The van der Waals surface area contributed by atoms with E-state index in [1.54, 1.807) is 42.5 Å². The third kappa shape index (κ3) is 4.21. The fourth-order valence-electron chi connectivity index (χ4n) is 2.00. The lowest BCUT2D eigenvalue weighted by Gasteiger charge is -2.12. The number of ether oxygens (including phenoxy) is 1. The monoisotopic (exact) mass is 306 g/mol. The molecule has 0 spiro atoms. The third-order valence-electron chi connectivity index (χ3n) is 2.96. The summed E-state index contributed by atoms with van der Waals surface area (Å²) in [6.45, 7) is 0.383. The van der Waals surface area contributed by atoms with Gasteiger partial charge in [-0.15, -0.1) is 0 Å². The van der Waals surface area contributed by atoms with Crippen LogP contribution in [0.1, 0.15) is 11.1 Å². The van der Waals surface area contributed by atoms with Crippen LogP contribution < -0.4 is 15.2 Å². The number of hydrogen-bond donors (Lipinski definition) is 2. The van der Waals surface area contributed by atoms with Crippen LogP contribution in [0.3, 0.4) is 0 Å². The highest BCUT2D eigenvalue weighted by molar-refractivity contribution is 7.91. The van der Waals surface area contributed by atoms with E-state index in [0.717, 1.165) is 5.56 Å². The van der Waals surface area contributed by atoms with Crippen molar-refractivity contribution in [3.63, 3.8) is 0 Å². The Labute approximate surface area is 124 Å². The summed E-state index contributed by atoms with van der Waals surface area (Å²) < 4.78 is 32.2. The molecular weight excluding hydrogens is 288 g/mol. The molecule has 3 N–H and O–H groups in total. The van der Waals surface area contributed by atoms with Gasteiger partial charge in [-0.25, -0.2) is 8.42 Å². The number of nitrogens with one attached hydrogen (secondary N) is 1. The largest absolute Gasteiger partial charge is 0.495 e. The number of benzene rings is 2. The van der Waals surface area contributed by atoms with Gasteiger partial charge < -0.3 is 10.5 Å². The van der Waals surface area contributed by atoms with Crippen molar-refractivity contribution >= 4 is 15.7 Å². The summed E-state index contributed by atoms with van der Waals surface area (Å²) in [5, 5.41) is 0. The zero-order valence-electron chi connectivity index (χ0n) is 11.7. The molecule has 5 nitrogen and oxygen atoms in total. The molecule has 0 amide bonds. The molecule has 112 valence electrons. The van der Waals surface area contributed by atoms with Gasteiger partial charge in [0.2, 0.25) is 10.0 Å². The molecule has 6 heteroatoms. The Morgan fingerprint density at radius 3 is 2.52 bits per heavy atom. The second kappa shape index (κ2) is 6.60. The van der Waals surface area contributed by atoms with E-state index in [2.05, 4.69) is 4.72 Å². The number of para-hydroxylation sites is 2. The van der Waals surface area contributed by atoms with Crippen molar-refractivity contribution in [2.75, 3.05) is 11.8 Å².